The van der Waals surface area contributed by atoms with E-state index in [9.17, 15) is 14.0 Å². The van der Waals surface area contributed by atoms with Gasteiger partial charge in [-0.1, -0.05) is 24.1 Å². The molecule has 0 fully saturated rings. The summed E-state index contributed by atoms with van der Waals surface area (Å²) in [5.41, 5.74) is 3.96. The minimum atomic E-state index is -0.802. The first-order chi connectivity index (χ1) is 15.4. The van der Waals surface area contributed by atoms with E-state index in [2.05, 4.69) is 15.6 Å². The SMILES string of the molecule is O=C(O)CCCCCC(=O)N1CCc2c(n(Cc3ccc(F)c(Cl)c3)c3ncccc23)C1. The Balaban J connectivity index is 1.53. The number of rotatable bonds is 8. The quantitative estimate of drug-likeness (QED) is 0.493. The van der Waals surface area contributed by atoms with Crippen LogP contribution in [0.4, 0.5) is 4.39 Å². The topological polar surface area (TPSA) is 75.4 Å². The van der Waals surface area contributed by atoms with Gasteiger partial charge in [0.2, 0.25) is 5.91 Å². The van der Waals surface area contributed by atoms with Crippen molar-refractivity contribution in [2.75, 3.05) is 6.54 Å². The Morgan fingerprint density at radius 3 is 2.75 bits per heavy atom. The summed E-state index contributed by atoms with van der Waals surface area (Å²) >= 11 is 5.98. The van der Waals surface area contributed by atoms with Crippen LogP contribution < -0.4 is 0 Å². The maximum atomic E-state index is 13.6. The van der Waals surface area contributed by atoms with Crippen LogP contribution in [-0.4, -0.2) is 38.0 Å². The number of aromatic nitrogens is 2. The van der Waals surface area contributed by atoms with Gasteiger partial charge in [-0.05, 0) is 54.7 Å². The van der Waals surface area contributed by atoms with E-state index in [4.69, 9.17) is 16.7 Å². The summed E-state index contributed by atoms with van der Waals surface area (Å²) in [5.74, 6) is -1.17. The normalized spacial score (nSPS) is 13.4. The van der Waals surface area contributed by atoms with Gasteiger partial charge in [0.05, 0.1) is 11.6 Å². The predicted octanol–water partition coefficient (Wildman–Crippen LogP) is 4.80. The molecule has 3 heterocycles. The Bertz CT molecular complexity index is 1160. The number of unbranched alkanes of at least 4 members (excludes halogenated alkanes) is 2. The number of carboxylic acid groups (broad SMARTS) is 1. The van der Waals surface area contributed by atoms with E-state index in [-0.39, 0.29) is 17.4 Å². The molecular formula is C24H25ClFN3O3. The second-order valence-corrected chi connectivity index (χ2v) is 8.56. The van der Waals surface area contributed by atoms with Gasteiger partial charge in [0.25, 0.3) is 0 Å². The number of aliphatic carboxylic acids is 1. The fraction of sp³-hybridized carbons (Fsp3) is 0.375. The molecule has 0 saturated carbocycles. The molecule has 4 rings (SSSR count). The van der Waals surface area contributed by atoms with Crippen molar-refractivity contribution in [3.05, 3.63) is 64.2 Å². The van der Waals surface area contributed by atoms with Crippen molar-refractivity contribution in [1.82, 2.24) is 14.5 Å². The second kappa shape index (κ2) is 9.69. The lowest BCUT2D eigenvalue weighted by atomic mass is 10.0. The van der Waals surface area contributed by atoms with Crippen LogP contribution in [0, 0.1) is 5.82 Å². The molecule has 0 unspecified atom stereocenters. The number of benzene rings is 1. The zero-order chi connectivity index (χ0) is 22.7. The number of carbonyl (C=O) groups excluding carboxylic acids is 1. The van der Waals surface area contributed by atoms with Crippen LogP contribution in [0.25, 0.3) is 11.0 Å². The summed E-state index contributed by atoms with van der Waals surface area (Å²) in [7, 11) is 0. The first-order valence-electron chi connectivity index (χ1n) is 10.8. The van der Waals surface area contributed by atoms with Crippen LogP contribution in [0.1, 0.15) is 48.9 Å². The van der Waals surface area contributed by atoms with Gasteiger partial charge in [-0.3, -0.25) is 9.59 Å². The molecule has 168 valence electrons. The van der Waals surface area contributed by atoms with Crippen LogP contribution in [0.3, 0.4) is 0 Å². The highest BCUT2D eigenvalue weighted by Crippen LogP contribution is 2.31. The molecule has 0 atom stereocenters. The van der Waals surface area contributed by atoms with Gasteiger partial charge < -0.3 is 14.6 Å². The smallest absolute Gasteiger partial charge is 0.303 e. The van der Waals surface area contributed by atoms with Gasteiger partial charge in [0.15, 0.2) is 0 Å². The molecule has 0 radical (unpaired) electrons. The third-order valence-electron chi connectivity index (χ3n) is 5.97. The predicted molar refractivity (Wildman–Crippen MR) is 120 cm³/mol. The summed E-state index contributed by atoms with van der Waals surface area (Å²) in [6.07, 6.45) is 5.07. The average molecular weight is 458 g/mol. The summed E-state index contributed by atoms with van der Waals surface area (Å²) in [5, 5.41) is 9.89. The molecule has 6 nitrogen and oxygen atoms in total. The van der Waals surface area contributed by atoms with E-state index in [0.29, 0.717) is 38.9 Å². The molecule has 3 aromatic rings. The van der Waals surface area contributed by atoms with E-state index in [1.807, 2.05) is 11.0 Å². The minimum absolute atomic E-state index is 0.0838. The third kappa shape index (κ3) is 4.78. The highest BCUT2D eigenvalue weighted by Gasteiger charge is 2.27. The summed E-state index contributed by atoms with van der Waals surface area (Å²) < 4.78 is 15.7. The van der Waals surface area contributed by atoms with Gasteiger partial charge in [0, 0.05) is 43.2 Å². The Labute approximate surface area is 190 Å². The molecule has 1 amide bonds. The number of hydrogen-bond acceptors (Lipinski definition) is 3. The molecule has 32 heavy (non-hydrogen) atoms. The monoisotopic (exact) mass is 457 g/mol. The molecule has 1 aromatic carbocycles. The number of carbonyl (C=O) groups is 2. The fourth-order valence-corrected chi connectivity index (χ4v) is 4.55. The van der Waals surface area contributed by atoms with Crippen LogP contribution >= 0.6 is 11.6 Å². The van der Waals surface area contributed by atoms with E-state index in [1.54, 1.807) is 18.3 Å². The summed E-state index contributed by atoms with van der Waals surface area (Å²) in [6.45, 7) is 1.63. The molecule has 0 bridgehead atoms. The molecule has 2 aromatic heterocycles. The van der Waals surface area contributed by atoms with Crippen LogP contribution in [0.5, 0.6) is 0 Å². The molecule has 8 heteroatoms. The maximum Gasteiger partial charge on any atom is 0.303 e. The highest BCUT2D eigenvalue weighted by atomic mass is 35.5. The number of pyridine rings is 1. The van der Waals surface area contributed by atoms with E-state index < -0.39 is 11.8 Å². The number of fused-ring (bicyclic) bond motifs is 3. The lowest BCUT2D eigenvalue weighted by Crippen LogP contribution is -2.36. The van der Waals surface area contributed by atoms with Crippen molar-refractivity contribution in [2.45, 2.75) is 51.6 Å². The first kappa shape index (κ1) is 22.3. The first-order valence-corrected chi connectivity index (χ1v) is 11.2. The number of halogens is 2. The van der Waals surface area contributed by atoms with E-state index in [0.717, 1.165) is 35.1 Å². The highest BCUT2D eigenvalue weighted by molar-refractivity contribution is 6.30. The van der Waals surface area contributed by atoms with Crippen molar-refractivity contribution in [1.29, 1.82) is 0 Å². The van der Waals surface area contributed by atoms with Gasteiger partial charge in [-0.25, -0.2) is 9.37 Å². The maximum absolute atomic E-state index is 13.6. The molecule has 1 aliphatic rings. The Morgan fingerprint density at radius 2 is 1.97 bits per heavy atom. The molecule has 1 N–H and O–H groups in total. The number of carboxylic acids is 1. The molecule has 0 aliphatic carbocycles. The lowest BCUT2D eigenvalue weighted by molar-refractivity contribution is -0.137. The molecule has 1 aliphatic heterocycles. The number of nitrogens with zero attached hydrogens (tertiary/aromatic N) is 3. The van der Waals surface area contributed by atoms with E-state index >= 15 is 0 Å². The van der Waals surface area contributed by atoms with Gasteiger partial charge in [-0.15, -0.1) is 0 Å². The van der Waals surface area contributed by atoms with Crippen molar-refractivity contribution in [2.24, 2.45) is 0 Å². The van der Waals surface area contributed by atoms with Gasteiger partial charge in [-0.2, -0.15) is 0 Å². The summed E-state index contributed by atoms with van der Waals surface area (Å²) in [4.78, 5) is 29.9. The standard InChI is InChI=1S/C24H25ClFN3O3/c25-19-13-16(8-9-20(19)26)14-29-21-15-28(22(30)6-2-1-3-7-23(31)32)12-10-17(21)18-5-4-11-27-24(18)29/h4-5,8-9,11,13H,1-3,6-7,10,12,14-15H2,(H,31,32). The van der Waals surface area contributed by atoms with Crippen molar-refractivity contribution in [3.8, 4) is 0 Å². The van der Waals surface area contributed by atoms with Gasteiger partial charge in [0.1, 0.15) is 11.5 Å². The van der Waals surface area contributed by atoms with Crippen molar-refractivity contribution >= 4 is 34.5 Å². The number of amides is 1. The number of hydrogen-bond donors (Lipinski definition) is 1. The second-order valence-electron chi connectivity index (χ2n) is 8.15. The largest absolute Gasteiger partial charge is 0.481 e. The van der Waals surface area contributed by atoms with Crippen molar-refractivity contribution < 1.29 is 19.1 Å². The Kier molecular flexibility index (Phi) is 6.74. The van der Waals surface area contributed by atoms with Crippen LogP contribution in [-0.2, 0) is 29.1 Å². The third-order valence-corrected chi connectivity index (χ3v) is 6.26. The molecular weight excluding hydrogens is 433 g/mol. The van der Waals surface area contributed by atoms with Crippen LogP contribution in [0.15, 0.2) is 36.5 Å². The Hall–Kier alpha value is -2.93. The molecule has 0 saturated heterocycles. The van der Waals surface area contributed by atoms with Crippen molar-refractivity contribution in [3.63, 3.8) is 0 Å². The zero-order valence-electron chi connectivity index (χ0n) is 17.7. The fourth-order valence-electron chi connectivity index (χ4n) is 4.35. The minimum Gasteiger partial charge on any atom is -0.481 e. The van der Waals surface area contributed by atoms with E-state index in [1.165, 1.54) is 11.6 Å². The van der Waals surface area contributed by atoms with Crippen LogP contribution in [0.2, 0.25) is 5.02 Å². The molecule has 0 spiro atoms. The summed E-state index contributed by atoms with van der Waals surface area (Å²) in [6, 6.07) is 8.67. The van der Waals surface area contributed by atoms with Gasteiger partial charge >= 0.3 is 5.97 Å². The lowest BCUT2D eigenvalue weighted by Gasteiger charge is -2.28. The zero-order valence-corrected chi connectivity index (χ0v) is 18.4. The average Bonchev–Trinajstić information content (AvgIpc) is 3.09. The Morgan fingerprint density at radius 1 is 1.16 bits per heavy atom.